The lowest BCUT2D eigenvalue weighted by Gasteiger charge is -2.15. The quantitative estimate of drug-likeness (QED) is 0.491. The Kier molecular flexibility index (Phi) is 5.47. The van der Waals surface area contributed by atoms with Crippen molar-refractivity contribution in [2.24, 2.45) is 0 Å². The first-order valence-corrected chi connectivity index (χ1v) is 7.26. The van der Waals surface area contributed by atoms with Gasteiger partial charge in [0.25, 0.3) is 5.69 Å². The van der Waals surface area contributed by atoms with E-state index in [0.717, 1.165) is 19.3 Å². The van der Waals surface area contributed by atoms with E-state index in [1.54, 1.807) is 12.1 Å². The van der Waals surface area contributed by atoms with E-state index in [0.29, 0.717) is 12.1 Å². The maximum absolute atomic E-state index is 10.8. The molecule has 1 aromatic rings. The number of hydrogen-bond donors (Lipinski definition) is 1. The number of nitriles is 1. The normalized spacial score (nSPS) is 15.9. The fourth-order valence-electron chi connectivity index (χ4n) is 2.56. The van der Waals surface area contributed by atoms with E-state index in [-0.39, 0.29) is 5.69 Å². The van der Waals surface area contributed by atoms with Crippen LogP contribution in [-0.4, -0.2) is 11.5 Å². The molecular formula is C16H19N3O2. The van der Waals surface area contributed by atoms with E-state index >= 15 is 0 Å². The Morgan fingerprint density at radius 1 is 1.43 bits per heavy atom. The predicted molar refractivity (Wildman–Crippen MR) is 80.6 cm³/mol. The summed E-state index contributed by atoms with van der Waals surface area (Å²) in [4.78, 5) is 10.3. The highest BCUT2D eigenvalue weighted by atomic mass is 16.6. The van der Waals surface area contributed by atoms with E-state index < -0.39 is 11.0 Å². The summed E-state index contributed by atoms with van der Waals surface area (Å²) in [6.07, 6.45) is 8.05. The van der Waals surface area contributed by atoms with Crippen LogP contribution in [0.5, 0.6) is 0 Å². The molecule has 0 saturated carbocycles. The van der Waals surface area contributed by atoms with E-state index in [9.17, 15) is 15.4 Å². The zero-order chi connectivity index (χ0) is 15.1. The van der Waals surface area contributed by atoms with Crippen molar-refractivity contribution in [1.82, 2.24) is 5.32 Å². The van der Waals surface area contributed by atoms with E-state index in [1.807, 2.05) is 0 Å². The van der Waals surface area contributed by atoms with E-state index in [4.69, 9.17) is 0 Å². The first kappa shape index (κ1) is 15.2. The van der Waals surface area contributed by atoms with Gasteiger partial charge in [0.1, 0.15) is 6.04 Å². The first-order valence-electron chi connectivity index (χ1n) is 7.26. The lowest BCUT2D eigenvalue weighted by molar-refractivity contribution is -0.384. The van der Waals surface area contributed by atoms with Gasteiger partial charge in [0.05, 0.1) is 11.0 Å². The molecule has 1 N–H and O–H groups in total. The Morgan fingerprint density at radius 3 is 2.95 bits per heavy atom. The summed E-state index contributed by atoms with van der Waals surface area (Å²) >= 11 is 0. The Hall–Kier alpha value is -2.19. The number of nitro benzene ring substituents is 1. The van der Waals surface area contributed by atoms with E-state index in [1.165, 1.54) is 30.5 Å². The molecule has 1 aliphatic rings. The average Bonchev–Trinajstić information content (AvgIpc) is 2.52. The number of nitrogens with one attached hydrogen (secondary N) is 1. The van der Waals surface area contributed by atoms with Gasteiger partial charge in [-0.1, -0.05) is 23.8 Å². The summed E-state index contributed by atoms with van der Waals surface area (Å²) in [5, 5.41) is 23.2. The number of non-ortho nitro benzene ring substituents is 1. The second-order valence-electron chi connectivity index (χ2n) is 5.23. The molecule has 1 aliphatic carbocycles. The molecule has 0 aliphatic heterocycles. The van der Waals surface area contributed by atoms with Gasteiger partial charge in [-0.25, -0.2) is 0 Å². The van der Waals surface area contributed by atoms with Gasteiger partial charge >= 0.3 is 0 Å². The summed E-state index contributed by atoms with van der Waals surface area (Å²) in [6.45, 7) is 0.715. The predicted octanol–water partition coefficient (Wildman–Crippen LogP) is 3.64. The monoisotopic (exact) mass is 285 g/mol. The average molecular weight is 285 g/mol. The molecule has 2 rings (SSSR count). The Bertz CT molecular complexity index is 575. The lowest BCUT2D eigenvalue weighted by atomic mass is 9.97. The first-order chi connectivity index (χ1) is 10.2. The van der Waals surface area contributed by atoms with Gasteiger partial charge in [0, 0.05) is 18.7 Å². The zero-order valence-electron chi connectivity index (χ0n) is 11.9. The van der Waals surface area contributed by atoms with Crippen molar-refractivity contribution in [3.05, 3.63) is 51.6 Å². The molecular weight excluding hydrogens is 266 g/mol. The van der Waals surface area contributed by atoms with Crippen LogP contribution < -0.4 is 5.32 Å². The van der Waals surface area contributed by atoms with Crippen LogP contribution in [0.3, 0.4) is 0 Å². The van der Waals surface area contributed by atoms with Gasteiger partial charge in [-0.15, -0.1) is 0 Å². The Labute approximate surface area is 124 Å². The Balaban J connectivity index is 1.93. The standard InChI is InChI=1S/C16H19N3O2/c17-12-16(14-7-4-8-15(11-14)19(20)21)18-10-9-13-5-2-1-3-6-13/h4-5,7-8,11,16,18H,1-3,6,9-10H2. The van der Waals surface area contributed by atoms with Gasteiger partial charge in [-0.05, 0) is 37.7 Å². The Morgan fingerprint density at radius 2 is 2.29 bits per heavy atom. The minimum atomic E-state index is -0.505. The number of nitrogens with zero attached hydrogens (tertiary/aromatic N) is 2. The van der Waals surface area contributed by atoms with Crippen LogP contribution in [0.2, 0.25) is 0 Å². The van der Waals surface area contributed by atoms with Crippen LogP contribution in [0.25, 0.3) is 0 Å². The van der Waals surface area contributed by atoms with Crippen molar-refractivity contribution < 1.29 is 4.92 Å². The molecule has 0 fully saturated rings. The number of allylic oxidation sites excluding steroid dienone is 1. The molecule has 0 radical (unpaired) electrons. The van der Waals surface area contributed by atoms with Gasteiger partial charge in [-0.2, -0.15) is 5.26 Å². The molecule has 1 atom stereocenters. The van der Waals surface area contributed by atoms with Crippen LogP contribution in [0.1, 0.15) is 43.7 Å². The number of nitro groups is 1. The molecule has 1 unspecified atom stereocenters. The van der Waals surface area contributed by atoms with Crippen LogP contribution in [-0.2, 0) is 0 Å². The molecule has 1 aromatic carbocycles. The molecule has 0 aromatic heterocycles. The third kappa shape index (κ3) is 4.40. The summed E-state index contributed by atoms with van der Waals surface area (Å²) in [6, 6.07) is 7.92. The minimum Gasteiger partial charge on any atom is -0.298 e. The van der Waals surface area contributed by atoms with Gasteiger partial charge in [-0.3, -0.25) is 15.4 Å². The fraction of sp³-hybridized carbons (Fsp3) is 0.438. The second kappa shape index (κ2) is 7.55. The second-order valence-corrected chi connectivity index (χ2v) is 5.23. The summed E-state index contributed by atoms with van der Waals surface area (Å²) in [5.41, 5.74) is 2.11. The van der Waals surface area contributed by atoms with Crippen molar-refractivity contribution in [3.63, 3.8) is 0 Å². The van der Waals surface area contributed by atoms with Gasteiger partial charge < -0.3 is 0 Å². The van der Waals surface area contributed by atoms with Crippen molar-refractivity contribution in [2.45, 2.75) is 38.1 Å². The number of hydrogen-bond acceptors (Lipinski definition) is 4. The molecule has 0 bridgehead atoms. The summed E-state index contributed by atoms with van der Waals surface area (Å²) < 4.78 is 0. The molecule has 0 spiro atoms. The highest BCUT2D eigenvalue weighted by Gasteiger charge is 2.14. The summed E-state index contributed by atoms with van der Waals surface area (Å²) in [7, 11) is 0. The molecule has 0 heterocycles. The highest BCUT2D eigenvalue weighted by molar-refractivity contribution is 5.37. The van der Waals surface area contributed by atoms with E-state index in [2.05, 4.69) is 17.5 Å². The third-order valence-corrected chi connectivity index (χ3v) is 3.72. The van der Waals surface area contributed by atoms with Crippen molar-refractivity contribution >= 4 is 5.69 Å². The molecule has 5 heteroatoms. The molecule has 5 nitrogen and oxygen atoms in total. The van der Waals surface area contributed by atoms with Gasteiger partial charge in [0.2, 0.25) is 0 Å². The summed E-state index contributed by atoms with van der Waals surface area (Å²) in [5.74, 6) is 0. The van der Waals surface area contributed by atoms with Crippen LogP contribution in [0, 0.1) is 21.4 Å². The van der Waals surface area contributed by atoms with Crippen molar-refractivity contribution in [2.75, 3.05) is 6.54 Å². The maximum atomic E-state index is 10.8. The number of benzene rings is 1. The largest absolute Gasteiger partial charge is 0.298 e. The topological polar surface area (TPSA) is 79.0 Å². The molecule has 0 amide bonds. The molecule has 110 valence electrons. The smallest absolute Gasteiger partial charge is 0.269 e. The van der Waals surface area contributed by atoms with Crippen molar-refractivity contribution in [1.29, 1.82) is 5.26 Å². The third-order valence-electron chi connectivity index (χ3n) is 3.72. The molecule has 0 saturated heterocycles. The minimum absolute atomic E-state index is 0.0181. The van der Waals surface area contributed by atoms with Crippen LogP contribution in [0.4, 0.5) is 5.69 Å². The SMILES string of the molecule is N#CC(NCCC1=CCCCC1)c1cccc([N+](=O)[O-])c1. The molecule has 21 heavy (non-hydrogen) atoms. The highest BCUT2D eigenvalue weighted by Crippen LogP contribution is 2.21. The fourth-order valence-corrected chi connectivity index (χ4v) is 2.56. The van der Waals surface area contributed by atoms with Crippen LogP contribution in [0.15, 0.2) is 35.9 Å². The maximum Gasteiger partial charge on any atom is 0.269 e. The van der Waals surface area contributed by atoms with Crippen LogP contribution >= 0.6 is 0 Å². The number of rotatable bonds is 6. The van der Waals surface area contributed by atoms with Gasteiger partial charge in [0.15, 0.2) is 0 Å². The lowest BCUT2D eigenvalue weighted by Crippen LogP contribution is -2.21. The zero-order valence-corrected chi connectivity index (χ0v) is 11.9. The van der Waals surface area contributed by atoms with Crippen molar-refractivity contribution in [3.8, 4) is 6.07 Å².